The summed E-state index contributed by atoms with van der Waals surface area (Å²) in [6.45, 7) is 2.15. The first-order valence-electron chi connectivity index (χ1n) is 9.72. The number of rotatable bonds is 4. The van der Waals surface area contributed by atoms with Gasteiger partial charge in [0.15, 0.2) is 0 Å². The molecule has 2 fully saturated rings. The van der Waals surface area contributed by atoms with Crippen LogP contribution in [0.15, 0.2) is 23.8 Å². The van der Waals surface area contributed by atoms with E-state index >= 15 is 0 Å². The summed E-state index contributed by atoms with van der Waals surface area (Å²) >= 11 is 0. The molecule has 29 heavy (non-hydrogen) atoms. The first-order valence-corrected chi connectivity index (χ1v) is 12.7. The van der Waals surface area contributed by atoms with Gasteiger partial charge in [-0.25, -0.2) is 5.14 Å². The molecule has 0 unspecified atom stereocenters. The first kappa shape index (κ1) is 19.5. The van der Waals surface area contributed by atoms with Gasteiger partial charge in [-0.1, -0.05) is 18.6 Å². The van der Waals surface area contributed by atoms with Crippen LogP contribution in [0.1, 0.15) is 50.2 Å². The van der Waals surface area contributed by atoms with Crippen LogP contribution in [-0.2, 0) is 31.2 Å². The van der Waals surface area contributed by atoms with Crippen molar-refractivity contribution in [2.75, 3.05) is 0 Å². The van der Waals surface area contributed by atoms with Crippen molar-refractivity contribution in [1.82, 2.24) is 0 Å². The lowest BCUT2D eigenvalue weighted by Gasteiger charge is -2.47. The normalized spacial score (nSPS) is 35.4. The minimum Gasteiger partial charge on any atom is -0.371 e. The minimum atomic E-state index is -4.06. The highest BCUT2D eigenvalue weighted by molar-refractivity contribution is 7.84. The molecule has 158 valence electrons. The van der Waals surface area contributed by atoms with Gasteiger partial charge in [-0.05, 0) is 73.3 Å². The molecular weight excluding hydrogens is 416 g/mol. The Balaban J connectivity index is 1.53. The summed E-state index contributed by atoms with van der Waals surface area (Å²) in [6.07, 6.45) is 4.71. The lowest BCUT2D eigenvalue weighted by atomic mass is 9.59. The number of nitrogens with two attached hydrogens (primary N) is 2. The lowest BCUT2D eigenvalue weighted by molar-refractivity contribution is 0.0341. The fourth-order valence-corrected chi connectivity index (χ4v) is 7.50. The molecule has 0 bridgehead atoms. The molecule has 0 amide bonds. The van der Waals surface area contributed by atoms with Crippen LogP contribution in [0.4, 0.5) is 0 Å². The van der Waals surface area contributed by atoms with E-state index in [1.54, 1.807) is 12.1 Å². The number of allylic oxidation sites excluding steroid dienone is 2. The van der Waals surface area contributed by atoms with Crippen molar-refractivity contribution >= 4 is 26.2 Å². The molecule has 4 aliphatic carbocycles. The zero-order valence-electron chi connectivity index (χ0n) is 16.1. The molecule has 4 N–H and O–H groups in total. The van der Waals surface area contributed by atoms with Crippen molar-refractivity contribution in [1.29, 1.82) is 0 Å². The van der Waals surface area contributed by atoms with Gasteiger partial charge in [0.2, 0.25) is 0 Å². The van der Waals surface area contributed by atoms with Crippen LogP contribution < -0.4 is 14.5 Å². The van der Waals surface area contributed by atoms with Crippen LogP contribution in [0.5, 0.6) is 5.75 Å². The topological polar surface area (TPSA) is 139 Å². The molecule has 5 rings (SSSR count). The van der Waals surface area contributed by atoms with Gasteiger partial charge < -0.3 is 4.18 Å². The maximum absolute atomic E-state index is 11.6. The van der Waals surface area contributed by atoms with Crippen molar-refractivity contribution in [3.63, 3.8) is 0 Å². The average Bonchev–Trinajstić information content (AvgIpc) is 3.24. The Bertz CT molecular complexity index is 1160. The smallest absolute Gasteiger partial charge is 0.371 e. The van der Waals surface area contributed by atoms with Gasteiger partial charge in [0, 0.05) is 10.8 Å². The summed E-state index contributed by atoms with van der Waals surface area (Å²) in [5.74, 6) is 0.650. The third kappa shape index (κ3) is 2.88. The molecule has 1 aromatic rings. The molecule has 1 spiro atoms. The quantitative estimate of drug-likeness (QED) is 0.731. The third-order valence-corrected chi connectivity index (χ3v) is 8.56. The molecule has 0 aliphatic heterocycles. The van der Waals surface area contributed by atoms with Crippen molar-refractivity contribution in [3.05, 3.63) is 34.9 Å². The van der Waals surface area contributed by atoms with E-state index in [-0.39, 0.29) is 22.7 Å². The Labute approximate surface area is 170 Å². The maximum atomic E-state index is 11.6. The van der Waals surface area contributed by atoms with Gasteiger partial charge in [0.05, 0.1) is 6.10 Å². The summed E-state index contributed by atoms with van der Waals surface area (Å²) in [5, 5.41) is 10.2. The third-order valence-electron chi connectivity index (χ3n) is 7.64. The minimum absolute atomic E-state index is 0.0105. The van der Waals surface area contributed by atoms with Crippen LogP contribution >= 0.6 is 0 Å². The summed E-state index contributed by atoms with van der Waals surface area (Å²) in [5.41, 5.74) is 4.66. The second-order valence-corrected chi connectivity index (χ2v) is 11.3. The van der Waals surface area contributed by atoms with Gasteiger partial charge in [-0.3, -0.25) is 4.18 Å². The molecule has 0 saturated heterocycles. The number of benzene rings is 1. The molecule has 1 aromatic carbocycles. The molecule has 4 aliphatic rings. The predicted molar refractivity (Wildman–Crippen MR) is 106 cm³/mol. The highest BCUT2D eigenvalue weighted by atomic mass is 32.2. The van der Waals surface area contributed by atoms with E-state index in [9.17, 15) is 16.8 Å². The Morgan fingerprint density at radius 2 is 1.83 bits per heavy atom. The molecule has 10 heteroatoms. The first-order chi connectivity index (χ1) is 13.4. The van der Waals surface area contributed by atoms with Gasteiger partial charge in [-0.2, -0.15) is 22.0 Å². The summed E-state index contributed by atoms with van der Waals surface area (Å²) < 4.78 is 55.7. The van der Waals surface area contributed by atoms with E-state index in [1.165, 1.54) is 11.1 Å². The Kier molecular flexibility index (Phi) is 3.91. The molecule has 0 aromatic heterocycles. The van der Waals surface area contributed by atoms with E-state index in [0.29, 0.717) is 5.92 Å². The van der Waals surface area contributed by atoms with Gasteiger partial charge in [0.1, 0.15) is 5.75 Å². The Morgan fingerprint density at radius 1 is 1.07 bits per heavy atom. The number of fused-ring (bicyclic) bond motifs is 2. The van der Waals surface area contributed by atoms with Crippen molar-refractivity contribution in [2.45, 2.75) is 51.6 Å². The van der Waals surface area contributed by atoms with Gasteiger partial charge in [-0.15, -0.1) is 0 Å². The second-order valence-electron chi connectivity index (χ2n) is 8.96. The van der Waals surface area contributed by atoms with Gasteiger partial charge in [0.25, 0.3) is 0 Å². The highest BCUT2D eigenvalue weighted by Crippen LogP contribution is 2.80. The Hall–Kier alpha value is -1.46. The SMILES string of the molecule is C[C@]12CCC3=C(CCc4cc(OS(N)(=O)=O)ccc43)[C@]13C[C@@H]3C[C@H]2OS(N)(=O)=O. The lowest BCUT2D eigenvalue weighted by Crippen LogP contribution is -2.44. The zero-order chi connectivity index (χ0) is 20.8. The van der Waals surface area contributed by atoms with Crippen molar-refractivity contribution in [3.8, 4) is 5.75 Å². The summed E-state index contributed by atoms with van der Waals surface area (Å²) in [4.78, 5) is 0. The number of aryl methyl sites for hydroxylation is 1. The molecule has 2 saturated carbocycles. The number of hydrogen-bond donors (Lipinski definition) is 2. The van der Waals surface area contributed by atoms with Crippen molar-refractivity contribution in [2.24, 2.45) is 27.0 Å². The van der Waals surface area contributed by atoms with E-state index in [1.807, 2.05) is 6.07 Å². The number of hydrogen-bond acceptors (Lipinski definition) is 6. The van der Waals surface area contributed by atoms with E-state index in [4.69, 9.17) is 18.6 Å². The summed E-state index contributed by atoms with van der Waals surface area (Å²) in [6, 6.07) is 5.30. The van der Waals surface area contributed by atoms with E-state index in [2.05, 4.69) is 6.92 Å². The predicted octanol–water partition coefficient (Wildman–Crippen LogP) is 1.77. The fraction of sp³-hybridized carbons (Fsp3) is 0.579. The second kappa shape index (κ2) is 5.82. The van der Waals surface area contributed by atoms with Crippen LogP contribution in [0.3, 0.4) is 0 Å². The molecular formula is C19H24N2O6S2. The molecule has 4 atom stereocenters. The van der Waals surface area contributed by atoms with Crippen LogP contribution in [0, 0.1) is 16.7 Å². The fourth-order valence-electron chi connectivity index (χ4n) is 6.52. The maximum Gasteiger partial charge on any atom is 0.380 e. The van der Waals surface area contributed by atoms with Crippen LogP contribution in [0.25, 0.3) is 5.57 Å². The largest absolute Gasteiger partial charge is 0.380 e. The monoisotopic (exact) mass is 440 g/mol. The van der Waals surface area contributed by atoms with Crippen LogP contribution in [-0.4, -0.2) is 22.9 Å². The summed E-state index contributed by atoms with van der Waals surface area (Å²) in [7, 11) is -8.05. The molecule has 8 nitrogen and oxygen atoms in total. The standard InChI is InChI=1S/C19H24N2O6S2/c1-18-7-6-15-14-4-3-13(26-28(20,22)23)8-11(14)2-5-16(15)19(18)10-12(19)9-17(18)27-29(21,24)25/h3-4,8,12,17H,2,5-7,9-10H2,1H3,(H2,20,22,23)(H2,21,24,25)/t12-,17+,18+,19+/m0/s1. The zero-order valence-corrected chi connectivity index (χ0v) is 17.7. The Morgan fingerprint density at radius 3 is 2.52 bits per heavy atom. The van der Waals surface area contributed by atoms with Gasteiger partial charge >= 0.3 is 20.6 Å². The molecule has 0 radical (unpaired) electrons. The van der Waals surface area contributed by atoms with Crippen LogP contribution in [0.2, 0.25) is 0 Å². The van der Waals surface area contributed by atoms with E-state index in [0.717, 1.165) is 49.7 Å². The average molecular weight is 441 g/mol. The highest BCUT2D eigenvalue weighted by Gasteiger charge is 2.75. The van der Waals surface area contributed by atoms with E-state index < -0.39 is 20.6 Å². The van der Waals surface area contributed by atoms with Crippen molar-refractivity contribution < 1.29 is 25.2 Å². The molecule has 0 heterocycles.